The van der Waals surface area contributed by atoms with Crippen LogP contribution in [0.15, 0.2) is 18.2 Å². The Balaban J connectivity index is 2.38. The third-order valence-corrected chi connectivity index (χ3v) is 3.30. The first-order chi connectivity index (χ1) is 8.10. The third kappa shape index (κ3) is 2.20. The fourth-order valence-corrected chi connectivity index (χ4v) is 2.25. The molecule has 17 heavy (non-hydrogen) atoms. The van der Waals surface area contributed by atoms with Crippen molar-refractivity contribution in [3.8, 4) is 5.75 Å². The molecule has 1 atom stereocenters. The van der Waals surface area contributed by atoms with Crippen molar-refractivity contribution in [2.45, 2.75) is 32.3 Å². The van der Waals surface area contributed by atoms with Crippen LogP contribution in [0, 0.1) is 6.92 Å². The van der Waals surface area contributed by atoms with Crippen molar-refractivity contribution < 1.29 is 14.3 Å². The summed E-state index contributed by atoms with van der Waals surface area (Å²) in [6.07, 6.45) is 1.16. The van der Waals surface area contributed by atoms with E-state index in [4.69, 9.17) is 9.47 Å². The van der Waals surface area contributed by atoms with Gasteiger partial charge in [0.05, 0.1) is 18.6 Å². The number of Topliss-reactive ketones (excluding diaryl/α,β-unsaturated/α-hetero) is 1. The number of carbonyl (C=O) groups excluding carboxylic acids is 1. The standard InChI is InChI=1S/C14H18O3/c1-4-14(9-16-3)8-12(15)11-7-10(2)5-6-13(11)17-14/h5-7H,4,8-9H2,1-3H3. The lowest BCUT2D eigenvalue weighted by atomic mass is 9.88. The Morgan fingerprint density at radius 3 is 2.88 bits per heavy atom. The minimum Gasteiger partial charge on any atom is -0.484 e. The third-order valence-electron chi connectivity index (χ3n) is 3.30. The zero-order chi connectivity index (χ0) is 12.5. The first-order valence-corrected chi connectivity index (χ1v) is 5.92. The number of hydrogen-bond donors (Lipinski definition) is 0. The van der Waals surface area contributed by atoms with E-state index < -0.39 is 5.60 Å². The molecule has 1 aliphatic heterocycles. The predicted molar refractivity (Wildman–Crippen MR) is 65.7 cm³/mol. The van der Waals surface area contributed by atoms with Gasteiger partial charge in [0.1, 0.15) is 11.4 Å². The normalized spacial score (nSPS) is 23.1. The second-order valence-electron chi connectivity index (χ2n) is 4.67. The number of ketones is 1. The summed E-state index contributed by atoms with van der Waals surface area (Å²) in [5.41, 5.74) is 1.29. The minimum atomic E-state index is -0.492. The average molecular weight is 234 g/mol. The van der Waals surface area contributed by atoms with Gasteiger partial charge in [0.2, 0.25) is 0 Å². The van der Waals surface area contributed by atoms with E-state index in [2.05, 4.69) is 0 Å². The summed E-state index contributed by atoms with van der Waals surface area (Å²) in [5.74, 6) is 0.833. The van der Waals surface area contributed by atoms with Gasteiger partial charge in [0, 0.05) is 7.11 Å². The Morgan fingerprint density at radius 2 is 2.24 bits per heavy atom. The van der Waals surface area contributed by atoms with Gasteiger partial charge in [-0.1, -0.05) is 18.6 Å². The first-order valence-electron chi connectivity index (χ1n) is 5.92. The molecule has 3 nitrogen and oxygen atoms in total. The molecular formula is C14H18O3. The molecule has 0 amide bonds. The predicted octanol–water partition coefficient (Wildman–Crippen LogP) is 2.76. The van der Waals surface area contributed by atoms with E-state index >= 15 is 0 Å². The highest BCUT2D eigenvalue weighted by atomic mass is 16.5. The lowest BCUT2D eigenvalue weighted by Gasteiger charge is -2.36. The molecular weight excluding hydrogens is 216 g/mol. The number of rotatable bonds is 3. The molecule has 3 heteroatoms. The van der Waals surface area contributed by atoms with Crippen LogP contribution in [0.1, 0.15) is 35.7 Å². The van der Waals surface area contributed by atoms with E-state index in [0.717, 1.165) is 12.0 Å². The highest BCUT2D eigenvalue weighted by Gasteiger charge is 2.39. The molecule has 0 fully saturated rings. The van der Waals surface area contributed by atoms with Gasteiger partial charge in [0.15, 0.2) is 5.78 Å². The number of fused-ring (bicyclic) bond motifs is 1. The molecule has 1 unspecified atom stereocenters. The van der Waals surface area contributed by atoms with E-state index in [0.29, 0.717) is 24.3 Å². The van der Waals surface area contributed by atoms with Gasteiger partial charge in [-0.15, -0.1) is 0 Å². The second-order valence-corrected chi connectivity index (χ2v) is 4.67. The summed E-state index contributed by atoms with van der Waals surface area (Å²) in [6, 6.07) is 5.73. The Bertz CT molecular complexity index is 439. The zero-order valence-corrected chi connectivity index (χ0v) is 10.6. The van der Waals surface area contributed by atoms with Crippen LogP contribution < -0.4 is 4.74 Å². The Hall–Kier alpha value is -1.35. The molecule has 2 rings (SSSR count). The van der Waals surface area contributed by atoms with Gasteiger partial charge in [-0.25, -0.2) is 0 Å². The molecule has 0 saturated carbocycles. The fraction of sp³-hybridized carbons (Fsp3) is 0.500. The lowest BCUT2D eigenvalue weighted by Crippen LogP contribution is -2.45. The quantitative estimate of drug-likeness (QED) is 0.806. The molecule has 1 aromatic rings. The molecule has 0 N–H and O–H groups in total. The first kappa shape index (κ1) is 12.1. The van der Waals surface area contributed by atoms with Crippen LogP contribution in [0.3, 0.4) is 0 Å². The summed E-state index contributed by atoms with van der Waals surface area (Å²) < 4.78 is 11.2. The molecule has 1 aromatic carbocycles. The largest absolute Gasteiger partial charge is 0.484 e. The van der Waals surface area contributed by atoms with Crippen LogP contribution in [-0.2, 0) is 4.74 Å². The van der Waals surface area contributed by atoms with E-state index in [1.54, 1.807) is 7.11 Å². The Kier molecular flexibility index (Phi) is 3.20. The van der Waals surface area contributed by atoms with E-state index in [1.807, 2.05) is 32.0 Å². The van der Waals surface area contributed by atoms with Gasteiger partial charge in [-0.05, 0) is 25.5 Å². The molecule has 0 aromatic heterocycles. The number of methoxy groups -OCH3 is 1. The monoisotopic (exact) mass is 234 g/mol. The molecule has 1 heterocycles. The molecule has 0 aliphatic carbocycles. The molecule has 1 aliphatic rings. The van der Waals surface area contributed by atoms with Crippen LogP contribution in [0.5, 0.6) is 5.75 Å². The van der Waals surface area contributed by atoms with Gasteiger partial charge in [0.25, 0.3) is 0 Å². The number of benzene rings is 1. The summed E-state index contributed by atoms with van der Waals surface area (Å²) in [5, 5.41) is 0. The Labute approximate surface area is 102 Å². The van der Waals surface area contributed by atoms with Crippen molar-refractivity contribution in [1.82, 2.24) is 0 Å². The van der Waals surface area contributed by atoms with Crippen molar-refractivity contribution in [2.24, 2.45) is 0 Å². The van der Waals surface area contributed by atoms with Crippen LogP contribution in [-0.4, -0.2) is 25.1 Å². The molecule has 0 bridgehead atoms. The highest BCUT2D eigenvalue weighted by molar-refractivity contribution is 6.00. The SMILES string of the molecule is CCC1(COC)CC(=O)c2cc(C)ccc2O1. The summed E-state index contributed by atoms with van der Waals surface area (Å²) >= 11 is 0. The summed E-state index contributed by atoms with van der Waals surface area (Å²) in [7, 11) is 1.63. The second kappa shape index (κ2) is 4.49. The summed E-state index contributed by atoms with van der Waals surface area (Å²) in [4.78, 5) is 12.2. The highest BCUT2D eigenvalue weighted by Crippen LogP contribution is 2.35. The number of hydrogen-bond acceptors (Lipinski definition) is 3. The maximum absolute atomic E-state index is 12.2. The minimum absolute atomic E-state index is 0.147. The van der Waals surface area contributed by atoms with Crippen LogP contribution >= 0.6 is 0 Å². The topological polar surface area (TPSA) is 35.5 Å². The van der Waals surface area contributed by atoms with Gasteiger partial charge in [-0.3, -0.25) is 4.79 Å². The Morgan fingerprint density at radius 1 is 1.47 bits per heavy atom. The van der Waals surface area contributed by atoms with Crippen molar-refractivity contribution in [3.05, 3.63) is 29.3 Å². The van der Waals surface area contributed by atoms with Crippen molar-refractivity contribution in [2.75, 3.05) is 13.7 Å². The zero-order valence-electron chi connectivity index (χ0n) is 10.6. The molecule has 92 valence electrons. The van der Waals surface area contributed by atoms with Crippen LogP contribution in [0.2, 0.25) is 0 Å². The van der Waals surface area contributed by atoms with Crippen LogP contribution in [0.25, 0.3) is 0 Å². The van der Waals surface area contributed by atoms with Gasteiger partial charge < -0.3 is 9.47 Å². The van der Waals surface area contributed by atoms with Crippen LogP contribution in [0.4, 0.5) is 0 Å². The van der Waals surface area contributed by atoms with Crippen molar-refractivity contribution in [3.63, 3.8) is 0 Å². The van der Waals surface area contributed by atoms with Gasteiger partial charge >= 0.3 is 0 Å². The fourth-order valence-electron chi connectivity index (χ4n) is 2.25. The molecule has 0 spiro atoms. The van der Waals surface area contributed by atoms with Gasteiger partial charge in [-0.2, -0.15) is 0 Å². The van der Waals surface area contributed by atoms with E-state index in [-0.39, 0.29) is 5.78 Å². The van der Waals surface area contributed by atoms with Crippen molar-refractivity contribution in [1.29, 1.82) is 0 Å². The number of aryl methyl sites for hydroxylation is 1. The molecule has 0 saturated heterocycles. The lowest BCUT2D eigenvalue weighted by molar-refractivity contribution is -0.0211. The summed E-state index contributed by atoms with van der Waals surface area (Å²) in [6.45, 7) is 4.44. The van der Waals surface area contributed by atoms with Crippen molar-refractivity contribution >= 4 is 5.78 Å². The number of carbonyl (C=O) groups is 1. The van der Waals surface area contributed by atoms with E-state index in [1.165, 1.54) is 0 Å². The maximum Gasteiger partial charge on any atom is 0.170 e. The average Bonchev–Trinajstić information content (AvgIpc) is 2.31. The maximum atomic E-state index is 12.2. The molecule has 0 radical (unpaired) electrons. The number of ether oxygens (including phenoxy) is 2. The smallest absolute Gasteiger partial charge is 0.170 e. The van der Waals surface area contributed by atoms with E-state index in [9.17, 15) is 4.79 Å².